The number of hydrogen-bond acceptors (Lipinski definition) is 3. The Balaban J connectivity index is 4.64. The van der Waals surface area contributed by atoms with Gasteiger partial charge in [0, 0.05) is 0 Å². The van der Waals surface area contributed by atoms with Gasteiger partial charge in [-0.1, -0.05) is 47.0 Å². The second-order valence-corrected chi connectivity index (χ2v) is 5.42. The lowest BCUT2D eigenvalue weighted by molar-refractivity contribution is -0.250. The van der Waals surface area contributed by atoms with Crippen LogP contribution in [0, 0.1) is 10.8 Å². The van der Waals surface area contributed by atoms with E-state index in [-0.39, 0.29) is 5.41 Å². The molecule has 0 saturated heterocycles. The van der Waals surface area contributed by atoms with Crippen molar-refractivity contribution in [3.63, 3.8) is 0 Å². The van der Waals surface area contributed by atoms with Gasteiger partial charge in [0.15, 0.2) is 0 Å². The van der Waals surface area contributed by atoms with Crippen LogP contribution in [0.1, 0.15) is 60.3 Å². The largest absolute Gasteiger partial charge is 0.348 e. The molecule has 3 heteroatoms. The molecule has 0 spiro atoms. The number of carbonyl (C=O) groups excluding carboxylic acids is 1. The highest BCUT2D eigenvalue weighted by molar-refractivity contribution is 5.76. The van der Waals surface area contributed by atoms with E-state index in [1.807, 2.05) is 27.7 Å². The van der Waals surface area contributed by atoms with Crippen molar-refractivity contribution in [2.75, 3.05) is 0 Å². The molecule has 0 aliphatic carbocycles. The third kappa shape index (κ3) is 3.49. The average molecular weight is 216 g/mol. The molecule has 0 amide bonds. The minimum atomic E-state index is -0.614. The fourth-order valence-corrected chi connectivity index (χ4v) is 1.61. The van der Waals surface area contributed by atoms with Crippen LogP contribution in [0.5, 0.6) is 0 Å². The summed E-state index contributed by atoms with van der Waals surface area (Å²) in [5.41, 5.74) is -0.822. The van der Waals surface area contributed by atoms with Gasteiger partial charge in [-0.2, -0.15) is 5.26 Å². The molecular formula is C12H24O3. The molecule has 0 radical (unpaired) electrons. The van der Waals surface area contributed by atoms with Crippen LogP contribution in [0.15, 0.2) is 0 Å². The zero-order valence-corrected chi connectivity index (χ0v) is 10.6. The highest BCUT2D eigenvalue weighted by atomic mass is 17.1. The molecule has 0 saturated carbocycles. The van der Waals surface area contributed by atoms with Crippen molar-refractivity contribution in [1.82, 2.24) is 0 Å². The Morgan fingerprint density at radius 3 is 2.07 bits per heavy atom. The standard InChI is InChI=1S/C12H24O3/c1-6-7-8-9-12(5,10(13)15-14)11(2,3)4/h14H,6-9H2,1-5H3. The van der Waals surface area contributed by atoms with Crippen molar-refractivity contribution in [1.29, 1.82) is 0 Å². The summed E-state index contributed by atoms with van der Waals surface area (Å²) in [5.74, 6) is -0.522. The van der Waals surface area contributed by atoms with Crippen LogP contribution >= 0.6 is 0 Å². The number of unbranched alkanes of at least 4 members (excludes halogenated alkanes) is 2. The molecule has 0 aromatic rings. The molecule has 0 aromatic carbocycles. The molecule has 0 bridgehead atoms. The molecule has 0 rings (SSSR count). The number of rotatable bonds is 5. The van der Waals surface area contributed by atoms with Gasteiger partial charge in [0.2, 0.25) is 0 Å². The Labute approximate surface area is 92.8 Å². The van der Waals surface area contributed by atoms with Gasteiger partial charge in [-0.25, -0.2) is 4.79 Å². The second kappa shape index (κ2) is 5.50. The van der Waals surface area contributed by atoms with Crippen LogP contribution in [0.2, 0.25) is 0 Å². The molecule has 90 valence electrons. The molecule has 0 heterocycles. The molecule has 0 aromatic heterocycles. The van der Waals surface area contributed by atoms with Crippen molar-refractivity contribution in [2.45, 2.75) is 60.3 Å². The van der Waals surface area contributed by atoms with Gasteiger partial charge in [-0.05, 0) is 18.8 Å². The van der Waals surface area contributed by atoms with E-state index in [0.717, 1.165) is 25.7 Å². The second-order valence-electron chi connectivity index (χ2n) is 5.42. The molecule has 1 unspecified atom stereocenters. The SMILES string of the molecule is CCCCCC(C)(C(=O)OO)C(C)(C)C. The van der Waals surface area contributed by atoms with E-state index in [0.29, 0.717) is 0 Å². The third-order valence-corrected chi connectivity index (χ3v) is 3.47. The van der Waals surface area contributed by atoms with Crippen molar-refractivity contribution < 1.29 is 14.9 Å². The van der Waals surface area contributed by atoms with E-state index in [4.69, 9.17) is 5.26 Å². The van der Waals surface area contributed by atoms with Crippen LogP contribution in [0.3, 0.4) is 0 Å². The average Bonchev–Trinajstić information content (AvgIpc) is 2.15. The Morgan fingerprint density at radius 1 is 1.20 bits per heavy atom. The summed E-state index contributed by atoms with van der Waals surface area (Å²) in [6.07, 6.45) is 3.96. The minimum Gasteiger partial charge on any atom is -0.300 e. The molecule has 15 heavy (non-hydrogen) atoms. The lowest BCUT2D eigenvalue weighted by atomic mass is 9.65. The fourth-order valence-electron chi connectivity index (χ4n) is 1.61. The normalized spacial score (nSPS) is 15.9. The molecule has 1 atom stereocenters. The van der Waals surface area contributed by atoms with Gasteiger partial charge in [0.05, 0.1) is 5.41 Å². The molecule has 3 nitrogen and oxygen atoms in total. The molecular weight excluding hydrogens is 192 g/mol. The van der Waals surface area contributed by atoms with Crippen molar-refractivity contribution in [2.24, 2.45) is 10.8 Å². The first-order valence-electron chi connectivity index (χ1n) is 5.65. The van der Waals surface area contributed by atoms with Crippen LogP contribution in [0.25, 0.3) is 0 Å². The summed E-state index contributed by atoms with van der Waals surface area (Å²) in [4.78, 5) is 15.5. The van der Waals surface area contributed by atoms with E-state index in [1.54, 1.807) is 0 Å². The van der Waals surface area contributed by atoms with E-state index in [1.165, 1.54) is 0 Å². The Morgan fingerprint density at radius 2 is 1.73 bits per heavy atom. The summed E-state index contributed by atoms with van der Waals surface area (Å²) >= 11 is 0. The lowest BCUT2D eigenvalue weighted by Crippen LogP contribution is -2.41. The highest BCUT2D eigenvalue weighted by Crippen LogP contribution is 2.43. The summed E-state index contributed by atoms with van der Waals surface area (Å²) in [6.45, 7) is 9.97. The third-order valence-electron chi connectivity index (χ3n) is 3.47. The first-order valence-corrected chi connectivity index (χ1v) is 5.65. The van der Waals surface area contributed by atoms with Gasteiger partial charge in [0.25, 0.3) is 0 Å². The van der Waals surface area contributed by atoms with Gasteiger partial charge in [-0.3, -0.25) is 0 Å². The monoisotopic (exact) mass is 216 g/mol. The van der Waals surface area contributed by atoms with Crippen LogP contribution < -0.4 is 0 Å². The first kappa shape index (κ1) is 14.4. The van der Waals surface area contributed by atoms with E-state index in [2.05, 4.69) is 11.8 Å². The maximum atomic E-state index is 11.6. The van der Waals surface area contributed by atoms with Gasteiger partial charge in [0.1, 0.15) is 0 Å². The van der Waals surface area contributed by atoms with Crippen molar-refractivity contribution in [3.8, 4) is 0 Å². The smallest absolute Gasteiger partial charge is 0.300 e. The quantitative estimate of drug-likeness (QED) is 0.433. The fraction of sp³-hybridized carbons (Fsp3) is 0.917. The number of carbonyl (C=O) groups is 1. The predicted octanol–water partition coefficient (Wildman–Crippen LogP) is 3.64. The summed E-state index contributed by atoms with van der Waals surface area (Å²) in [6, 6.07) is 0. The Kier molecular flexibility index (Phi) is 5.29. The van der Waals surface area contributed by atoms with Crippen LogP contribution in [-0.4, -0.2) is 11.2 Å². The topological polar surface area (TPSA) is 46.5 Å². The Hall–Kier alpha value is -0.570. The predicted molar refractivity (Wildman–Crippen MR) is 60.4 cm³/mol. The van der Waals surface area contributed by atoms with E-state index < -0.39 is 11.4 Å². The maximum Gasteiger partial charge on any atom is 0.348 e. The first-order chi connectivity index (χ1) is 6.79. The molecule has 0 aliphatic heterocycles. The molecule has 0 aliphatic rings. The van der Waals surface area contributed by atoms with Crippen molar-refractivity contribution >= 4 is 5.97 Å². The Bertz CT molecular complexity index is 205. The van der Waals surface area contributed by atoms with E-state index >= 15 is 0 Å². The van der Waals surface area contributed by atoms with Crippen LogP contribution in [0.4, 0.5) is 0 Å². The maximum absolute atomic E-state index is 11.6. The summed E-state index contributed by atoms with van der Waals surface area (Å²) in [7, 11) is 0. The van der Waals surface area contributed by atoms with Crippen molar-refractivity contribution in [3.05, 3.63) is 0 Å². The van der Waals surface area contributed by atoms with E-state index in [9.17, 15) is 4.79 Å². The molecule has 1 N–H and O–H groups in total. The van der Waals surface area contributed by atoms with Gasteiger partial charge < -0.3 is 4.89 Å². The minimum absolute atomic E-state index is 0.208. The van der Waals surface area contributed by atoms with Gasteiger partial charge >= 0.3 is 5.97 Å². The van der Waals surface area contributed by atoms with Crippen LogP contribution in [-0.2, 0) is 9.68 Å². The molecule has 0 fully saturated rings. The number of hydrogen-bond donors (Lipinski definition) is 1. The summed E-state index contributed by atoms with van der Waals surface area (Å²) in [5, 5.41) is 8.54. The highest BCUT2D eigenvalue weighted by Gasteiger charge is 2.45. The summed E-state index contributed by atoms with van der Waals surface area (Å²) < 4.78 is 0. The zero-order valence-electron chi connectivity index (χ0n) is 10.6. The van der Waals surface area contributed by atoms with Gasteiger partial charge in [-0.15, -0.1) is 0 Å². The zero-order chi connectivity index (χ0) is 12.1. The lowest BCUT2D eigenvalue weighted by Gasteiger charge is -2.38.